The van der Waals surface area contributed by atoms with Gasteiger partial charge in [-0.15, -0.1) is 0 Å². The fourth-order valence-corrected chi connectivity index (χ4v) is 4.38. The Morgan fingerprint density at radius 3 is 2.70 bits per heavy atom. The molecule has 5 atom stereocenters. The number of H-pyrrole nitrogens is 1. The van der Waals surface area contributed by atoms with Crippen molar-refractivity contribution in [3.8, 4) is 0 Å². The third-order valence-corrected chi connectivity index (χ3v) is 6.02. The highest BCUT2D eigenvalue weighted by Gasteiger charge is 2.47. The van der Waals surface area contributed by atoms with Crippen molar-refractivity contribution in [2.24, 2.45) is 0 Å². The normalized spacial score (nSPS) is 26.8. The maximum atomic E-state index is 14.2. The average molecular weight is 465 g/mol. The number of hydrogen-bond donors (Lipinski definition) is 5. The minimum Gasteiger partial charge on any atom is -0.388 e. The zero-order valence-corrected chi connectivity index (χ0v) is 17.6. The van der Waals surface area contributed by atoms with Crippen LogP contribution in [0.5, 0.6) is 0 Å². The van der Waals surface area contributed by atoms with E-state index in [4.69, 9.17) is 31.3 Å². The SMILES string of the molecule is CCC(C)(C[C@H]1O[C@@H](n2cc3c(F)cc(=O)[nH]c3nc2=S)[C@@H](O)C1O)OP(=O)(O)O. The molecule has 1 fully saturated rings. The fourth-order valence-electron chi connectivity index (χ4n) is 3.35. The molecule has 11 nitrogen and oxygen atoms in total. The van der Waals surface area contributed by atoms with Crippen molar-refractivity contribution in [3.63, 3.8) is 0 Å². The van der Waals surface area contributed by atoms with Crippen molar-refractivity contribution in [1.29, 1.82) is 0 Å². The predicted molar refractivity (Wildman–Crippen MR) is 104 cm³/mol. The van der Waals surface area contributed by atoms with Gasteiger partial charge in [0, 0.05) is 18.7 Å². The predicted octanol–water partition coefficient (Wildman–Crippen LogP) is 0.880. The smallest absolute Gasteiger partial charge is 0.388 e. The molecule has 0 aliphatic carbocycles. The van der Waals surface area contributed by atoms with Gasteiger partial charge in [-0.25, -0.2) is 13.9 Å². The van der Waals surface area contributed by atoms with Crippen molar-refractivity contribution in [2.45, 2.75) is 56.8 Å². The van der Waals surface area contributed by atoms with E-state index in [1.54, 1.807) is 6.92 Å². The van der Waals surface area contributed by atoms with Crippen molar-refractivity contribution in [2.75, 3.05) is 0 Å². The lowest BCUT2D eigenvalue weighted by Gasteiger charge is -2.31. The number of hydrogen-bond acceptors (Lipinski definition) is 8. The summed E-state index contributed by atoms with van der Waals surface area (Å²) in [4.78, 5) is 36.0. The maximum absolute atomic E-state index is 14.2. The molecule has 0 radical (unpaired) electrons. The number of aromatic nitrogens is 3. The standard InChI is InChI=1S/C16H21FN3O8PS/c1-3-16(2,28-29(24,25)26)5-9-11(22)12(23)14(27-9)20-6-7-8(17)4-10(21)18-13(7)19-15(20)30/h4,6,9,11-12,14,22-23H,3,5H2,1-2H3,(H2,24,25,26)(H,18,19,21,30)/t9-,11?,12+,14-,16?/m1/s1. The van der Waals surface area contributed by atoms with Crippen molar-refractivity contribution in [1.82, 2.24) is 14.5 Å². The van der Waals surface area contributed by atoms with Gasteiger partial charge in [0.15, 0.2) is 6.23 Å². The van der Waals surface area contributed by atoms with Crippen molar-refractivity contribution in [3.05, 3.63) is 33.2 Å². The molecule has 0 bridgehead atoms. The summed E-state index contributed by atoms with van der Waals surface area (Å²) < 4.78 is 37.0. The third-order valence-electron chi connectivity index (χ3n) is 5.04. The summed E-state index contributed by atoms with van der Waals surface area (Å²) in [5, 5.41) is 20.8. The number of aliphatic hydroxyl groups is 2. The summed E-state index contributed by atoms with van der Waals surface area (Å²) in [6.07, 6.45) is -4.04. The summed E-state index contributed by atoms with van der Waals surface area (Å²) >= 11 is 5.14. The summed E-state index contributed by atoms with van der Waals surface area (Å²) in [7, 11) is -4.82. The van der Waals surface area contributed by atoms with Gasteiger partial charge >= 0.3 is 7.82 Å². The van der Waals surface area contributed by atoms with Crippen LogP contribution in [0.3, 0.4) is 0 Å². The lowest BCUT2D eigenvalue weighted by atomic mass is 9.93. The number of phosphoric acid groups is 1. The van der Waals surface area contributed by atoms with Crippen LogP contribution in [0, 0.1) is 10.6 Å². The van der Waals surface area contributed by atoms with Gasteiger partial charge in [-0.3, -0.25) is 13.9 Å². The van der Waals surface area contributed by atoms with Crippen LogP contribution in [0.15, 0.2) is 17.1 Å². The van der Waals surface area contributed by atoms with Crippen LogP contribution in [0.25, 0.3) is 11.0 Å². The van der Waals surface area contributed by atoms with Gasteiger partial charge in [0.25, 0.3) is 5.56 Å². The van der Waals surface area contributed by atoms with Crippen molar-refractivity contribution < 1.29 is 38.2 Å². The summed E-state index contributed by atoms with van der Waals surface area (Å²) in [5.41, 5.74) is -2.14. The number of ether oxygens (including phenoxy) is 1. The Morgan fingerprint density at radius 1 is 1.43 bits per heavy atom. The number of halogens is 1. The molecule has 0 amide bonds. The van der Waals surface area contributed by atoms with Crippen LogP contribution < -0.4 is 5.56 Å². The van der Waals surface area contributed by atoms with E-state index in [-0.39, 0.29) is 28.6 Å². The number of aromatic amines is 1. The van der Waals surface area contributed by atoms with E-state index in [0.717, 1.165) is 10.6 Å². The molecular formula is C16H21FN3O8PS. The second-order valence-electron chi connectivity index (χ2n) is 7.31. The van der Waals surface area contributed by atoms with E-state index in [2.05, 4.69) is 9.97 Å². The highest BCUT2D eigenvalue weighted by molar-refractivity contribution is 7.71. The molecule has 0 saturated carbocycles. The topological polar surface area (TPSA) is 167 Å². The van der Waals surface area contributed by atoms with Crippen LogP contribution in [0.4, 0.5) is 4.39 Å². The second-order valence-corrected chi connectivity index (χ2v) is 8.84. The molecule has 3 rings (SSSR count). The number of phosphoric ester groups is 1. The minimum absolute atomic E-state index is 0.0832. The highest BCUT2D eigenvalue weighted by Crippen LogP contribution is 2.46. The molecule has 1 saturated heterocycles. The van der Waals surface area contributed by atoms with Crippen molar-refractivity contribution >= 4 is 31.1 Å². The Kier molecular flexibility index (Phi) is 6.29. The molecule has 3 heterocycles. The lowest BCUT2D eigenvalue weighted by molar-refractivity contribution is -0.0701. The quantitative estimate of drug-likeness (QED) is 0.305. The molecule has 1 aliphatic heterocycles. The molecule has 5 N–H and O–H groups in total. The molecule has 2 aromatic heterocycles. The molecule has 166 valence electrons. The minimum atomic E-state index is -4.82. The first kappa shape index (κ1) is 23.1. The van der Waals surface area contributed by atoms with Gasteiger partial charge in [0.1, 0.15) is 23.7 Å². The first-order valence-corrected chi connectivity index (χ1v) is 10.9. The fraction of sp³-hybridized carbons (Fsp3) is 0.562. The Morgan fingerprint density at radius 2 is 2.10 bits per heavy atom. The number of aliphatic hydroxyl groups excluding tert-OH is 2. The summed E-state index contributed by atoms with van der Waals surface area (Å²) in [5.74, 6) is -0.858. The highest BCUT2D eigenvalue weighted by atomic mass is 32.1. The number of pyridine rings is 1. The van der Waals surface area contributed by atoms with Gasteiger partial charge in [-0.2, -0.15) is 0 Å². The van der Waals surface area contributed by atoms with Gasteiger partial charge in [-0.1, -0.05) is 6.92 Å². The molecule has 14 heteroatoms. The molecule has 30 heavy (non-hydrogen) atoms. The molecule has 2 unspecified atom stereocenters. The maximum Gasteiger partial charge on any atom is 0.470 e. The van der Waals surface area contributed by atoms with Gasteiger partial charge < -0.3 is 29.7 Å². The Bertz CT molecular complexity index is 1120. The summed E-state index contributed by atoms with van der Waals surface area (Å²) in [6, 6.07) is 0.729. The number of nitrogens with one attached hydrogen (secondary N) is 1. The number of fused-ring (bicyclic) bond motifs is 1. The first-order valence-electron chi connectivity index (χ1n) is 8.93. The number of rotatable bonds is 6. The first-order chi connectivity index (χ1) is 13.8. The second kappa shape index (κ2) is 8.17. The van der Waals surface area contributed by atoms with E-state index < -0.39 is 49.3 Å². The van der Waals surface area contributed by atoms with E-state index in [1.165, 1.54) is 13.1 Å². The van der Waals surface area contributed by atoms with Gasteiger partial charge in [0.05, 0.1) is 17.1 Å². The Labute approximate surface area is 174 Å². The molecule has 0 spiro atoms. The largest absolute Gasteiger partial charge is 0.470 e. The zero-order valence-electron chi connectivity index (χ0n) is 15.9. The lowest BCUT2D eigenvalue weighted by Crippen LogP contribution is -2.38. The van der Waals surface area contributed by atoms with Crippen LogP contribution in [-0.2, 0) is 13.8 Å². The van der Waals surface area contributed by atoms with E-state index in [9.17, 15) is 24.0 Å². The van der Waals surface area contributed by atoms with E-state index >= 15 is 0 Å². The molecule has 1 aliphatic rings. The number of nitrogens with zero attached hydrogens (tertiary/aromatic N) is 2. The van der Waals surface area contributed by atoms with Crippen LogP contribution in [0.1, 0.15) is 32.9 Å². The summed E-state index contributed by atoms with van der Waals surface area (Å²) in [6.45, 7) is 3.08. The van der Waals surface area contributed by atoms with Gasteiger partial charge in [0.2, 0.25) is 4.77 Å². The Balaban J connectivity index is 1.93. The monoisotopic (exact) mass is 465 g/mol. The molecular weight excluding hydrogens is 444 g/mol. The third kappa shape index (κ3) is 4.68. The Hall–Kier alpha value is -1.57. The van der Waals surface area contributed by atoms with E-state index in [0.29, 0.717) is 0 Å². The molecule has 2 aromatic rings. The zero-order chi connectivity index (χ0) is 22.4. The molecule has 0 aromatic carbocycles. The van der Waals surface area contributed by atoms with Gasteiger partial charge in [-0.05, 0) is 25.6 Å². The average Bonchev–Trinajstić information content (AvgIpc) is 2.87. The van der Waals surface area contributed by atoms with Crippen LogP contribution in [-0.4, -0.2) is 58.4 Å². The van der Waals surface area contributed by atoms with E-state index in [1.807, 2.05) is 0 Å². The van der Waals surface area contributed by atoms with Crippen LogP contribution in [0.2, 0.25) is 0 Å². The van der Waals surface area contributed by atoms with Crippen LogP contribution >= 0.6 is 20.0 Å².